The number of thioether (sulfide) groups is 1. The van der Waals surface area contributed by atoms with Crippen molar-refractivity contribution in [1.29, 1.82) is 0 Å². The lowest BCUT2D eigenvalue weighted by Gasteiger charge is -2.35. The van der Waals surface area contributed by atoms with Crippen LogP contribution >= 0.6 is 23.4 Å². The Hall–Kier alpha value is -1.79. The number of benzene rings is 1. The molecular formula is C20H25ClN4OS. The highest BCUT2D eigenvalue weighted by Crippen LogP contribution is 2.27. The quantitative estimate of drug-likeness (QED) is 0.580. The molecule has 144 valence electrons. The number of nitrogens with one attached hydrogen (secondary N) is 1. The number of amides is 1. The minimum Gasteiger partial charge on any atom is -0.356 e. The summed E-state index contributed by atoms with van der Waals surface area (Å²) in [5.41, 5.74) is 1.69. The fraction of sp³-hybridized carbons (Fsp3) is 0.450. The zero-order chi connectivity index (χ0) is 19.4. The van der Waals surface area contributed by atoms with E-state index in [2.05, 4.69) is 34.0 Å². The molecule has 1 aromatic heterocycles. The topological polar surface area (TPSA) is 58.1 Å². The Bertz CT molecular complexity index is 806. The van der Waals surface area contributed by atoms with Crippen LogP contribution in [0, 0.1) is 18.8 Å². The Morgan fingerprint density at radius 1 is 1.26 bits per heavy atom. The molecule has 3 rings (SSSR count). The molecule has 1 amide bonds. The van der Waals surface area contributed by atoms with Crippen LogP contribution in [-0.2, 0) is 4.79 Å². The summed E-state index contributed by atoms with van der Waals surface area (Å²) in [6.45, 7) is 8.54. The number of piperidine rings is 1. The van der Waals surface area contributed by atoms with Crippen molar-refractivity contribution >= 4 is 40.8 Å². The van der Waals surface area contributed by atoms with Gasteiger partial charge in [0.1, 0.15) is 17.2 Å². The van der Waals surface area contributed by atoms with Crippen LogP contribution in [0.5, 0.6) is 0 Å². The maximum Gasteiger partial charge on any atom is 0.234 e. The summed E-state index contributed by atoms with van der Waals surface area (Å²) in [5.74, 6) is 2.42. The third-order valence-corrected chi connectivity index (χ3v) is 5.81. The maximum absolute atomic E-state index is 12.3. The van der Waals surface area contributed by atoms with Gasteiger partial charge in [0, 0.05) is 19.2 Å². The zero-order valence-corrected chi connectivity index (χ0v) is 17.5. The second-order valence-corrected chi connectivity index (χ2v) is 8.79. The van der Waals surface area contributed by atoms with E-state index >= 15 is 0 Å². The molecule has 27 heavy (non-hydrogen) atoms. The Balaban J connectivity index is 1.58. The lowest BCUT2D eigenvalue weighted by atomic mass is 9.92. The average molecular weight is 405 g/mol. The Labute approximate surface area is 169 Å². The molecule has 1 aliphatic rings. The molecule has 1 aromatic carbocycles. The second kappa shape index (κ2) is 8.93. The van der Waals surface area contributed by atoms with Crippen molar-refractivity contribution < 1.29 is 4.79 Å². The summed E-state index contributed by atoms with van der Waals surface area (Å²) in [7, 11) is 0. The van der Waals surface area contributed by atoms with Crippen molar-refractivity contribution in [2.24, 2.45) is 11.8 Å². The molecule has 0 aliphatic carbocycles. The molecule has 1 N–H and O–H groups in total. The van der Waals surface area contributed by atoms with Crippen molar-refractivity contribution in [3.8, 4) is 0 Å². The van der Waals surface area contributed by atoms with Crippen LogP contribution in [0.1, 0.15) is 25.8 Å². The lowest BCUT2D eigenvalue weighted by molar-refractivity contribution is -0.113. The van der Waals surface area contributed by atoms with Crippen molar-refractivity contribution in [2.75, 3.05) is 29.1 Å². The summed E-state index contributed by atoms with van der Waals surface area (Å²) in [6, 6.07) is 7.55. The van der Waals surface area contributed by atoms with E-state index in [1.807, 2.05) is 31.2 Å². The highest BCUT2D eigenvalue weighted by molar-refractivity contribution is 7.99. The first kappa shape index (κ1) is 20.0. The molecule has 1 fully saturated rings. The molecule has 0 bridgehead atoms. The van der Waals surface area contributed by atoms with Crippen LogP contribution in [0.15, 0.2) is 35.6 Å². The zero-order valence-electron chi connectivity index (χ0n) is 15.9. The van der Waals surface area contributed by atoms with E-state index < -0.39 is 0 Å². The third-order valence-electron chi connectivity index (χ3n) is 4.57. The van der Waals surface area contributed by atoms with Gasteiger partial charge in [-0.25, -0.2) is 9.97 Å². The maximum atomic E-state index is 12.3. The number of carbonyl (C=O) groups is 1. The van der Waals surface area contributed by atoms with E-state index in [9.17, 15) is 4.79 Å². The van der Waals surface area contributed by atoms with Gasteiger partial charge in [-0.05, 0) is 42.9 Å². The van der Waals surface area contributed by atoms with E-state index in [0.717, 1.165) is 29.5 Å². The van der Waals surface area contributed by atoms with Crippen molar-refractivity contribution in [1.82, 2.24) is 9.97 Å². The first-order chi connectivity index (χ1) is 12.9. The SMILES string of the molecule is Cc1ccc(NC(=O)CSc2cc(N3C[C@H](C)C[C@H](C)C3)ncn2)c(Cl)c1. The predicted octanol–water partition coefficient (Wildman–Crippen LogP) is 4.65. The second-order valence-electron chi connectivity index (χ2n) is 7.39. The Morgan fingerprint density at radius 2 is 2.00 bits per heavy atom. The minimum absolute atomic E-state index is 0.105. The summed E-state index contributed by atoms with van der Waals surface area (Å²) >= 11 is 7.58. The van der Waals surface area contributed by atoms with Crippen molar-refractivity contribution in [2.45, 2.75) is 32.2 Å². The normalized spacial score (nSPS) is 19.8. The van der Waals surface area contributed by atoms with Gasteiger partial charge in [-0.1, -0.05) is 43.3 Å². The Morgan fingerprint density at radius 3 is 2.70 bits per heavy atom. The van der Waals surface area contributed by atoms with E-state index in [1.54, 1.807) is 6.33 Å². The van der Waals surface area contributed by atoms with Crippen molar-refractivity contribution in [3.63, 3.8) is 0 Å². The van der Waals surface area contributed by atoms with Gasteiger partial charge in [0.25, 0.3) is 0 Å². The van der Waals surface area contributed by atoms with Gasteiger partial charge in [0.15, 0.2) is 0 Å². The largest absolute Gasteiger partial charge is 0.356 e. The van der Waals surface area contributed by atoms with Gasteiger partial charge in [0.2, 0.25) is 5.91 Å². The van der Waals surface area contributed by atoms with Gasteiger partial charge < -0.3 is 10.2 Å². The van der Waals surface area contributed by atoms with Crippen LogP contribution in [0.4, 0.5) is 11.5 Å². The predicted molar refractivity (Wildman–Crippen MR) is 113 cm³/mol. The number of nitrogens with zero attached hydrogens (tertiary/aromatic N) is 3. The van der Waals surface area contributed by atoms with Crippen LogP contribution in [0.25, 0.3) is 0 Å². The molecule has 0 radical (unpaired) electrons. The number of hydrogen-bond acceptors (Lipinski definition) is 5. The molecule has 5 nitrogen and oxygen atoms in total. The minimum atomic E-state index is -0.105. The van der Waals surface area contributed by atoms with Crippen LogP contribution in [-0.4, -0.2) is 34.7 Å². The average Bonchev–Trinajstić information content (AvgIpc) is 2.62. The number of carbonyl (C=O) groups excluding carboxylic acids is 1. The van der Waals surface area contributed by atoms with Gasteiger partial charge in [-0.2, -0.15) is 0 Å². The van der Waals surface area contributed by atoms with E-state index in [1.165, 1.54) is 18.2 Å². The third kappa shape index (κ3) is 5.59. The van der Waals surface area contributed by atoms with Gasteiger partial charge >= 0.3 is 0 Å². The van der Waals surface area contributed by atoms with E-state index in [-0.39, 0.29) is 11.7 Å². The summed E-state index contributed by atoms with van der Waals surface area (Å²) in [5, 5.41) is 4.20. The van der Waals surface area contributed by atoms with Crippen LogP contribution < -0.4 is 10.2 Å². The Kier molecular flexibility index (Phi) is 6.60. The number of anilines is 2. The highest BCUT2D eigenvalue weighted by atomic mass is 35.5. The standard InChI is InChI=1S/C20H25ClN4OS/c1-13-4-5-17(16(21)7-13)24-19(26)11-27-20-8-18(22-12-23-20)25-9-14(2)6-15(3)10-25/h4-5,7-8,12,14-15H,6,9-11H2,1-3H3,(H,24,26)/t14-,15+. The molecule has 2 atom stereocenters. The van der Waals surface area contributed by atoms with Gasteiger partial charge in [0.05, 0.1) is 16.5 Å². The number of aryl methyl sites for hydroxylation is 1. The molecular weight excluding hydrogens is 380 g/mol. The number of aromatic nitrogens is 2. The van der Waals surface area contributed by atoms with E-state index in [4.69, 9.17) is 11.6 Å². The number of halogens is 1. The molecule has 1 aliphatic heterocycles. The highest BCUT2D eigenvalue weighted by Gasteiger charge is 2.23. The monoisotopic (exact) mass is 404 g/mol. The molecule has 0 unspecified atom stereocenters. The molecule has 0 spiro atoms. The number of rotatable bonds is 5. The number of hydrogen-bond donors (Lipinski definition) is 1. The summed E-state index contributed by atoms with van der Waals surface area (Å²) in [6.07, 6.45) is 2.83. The van der Waals surface area contributed by atoms with E-state index in [0.29, 0.717) is 22.5 Å². The fourth-order valence-corrected chi connectivity index (χ4v) is 4.42. The van der Waals surface area contributed by atoms with Gasteiger partial charge in [-0.15, -0.1) is 0 Å². The molecule has 7 heteroatoms. The first-order valence-electron chi connectivity index (χ1n) is 9.16. The molecule has 1 saturated heterocycles. The fourth-order valence-electron chi connectivity index (χ4n) is 3.48. The van der Waals surface area contributed by atoms with Crippen molar-refractivity contribution in [3.05, 3.63) is 41.2 Å². The lowest BCUT2D eigenvalue weighted by Crippen LogP contribution is -2.39. The smallest absolute Gasteiger partial charge is 0.234 e. The molecule has 2 heterocycles. The summed E-state index contributed by atoms with van der Waals surface area (Å²) < 4.78 is 0. The van der Waals surface area contributed by atoms with Crippen LogP contribution in [0.2, 0.25) is 5.02 Å². The first-order valence-corrected chi connectivity index (χ1v) is 10.5. The molecule has 2 aromatic rings. The summed E-state index contributed by atoms with van der Waals surface area (Å²) in [4.78, 5) is 23.3. The van der Waals surface area contributed by atoms with Crippen LogP contribution in [0.3, 0.4) is 0 Å². The van der Waals surface area contributed by atoms with Gasteiger partial charge in [-0.3, -0.25) is 4.79 Å². The molecule has 0 saturated carbocycles.